The lowest BCUT2D eigenvalue weighted by molar-refractivity contribution is -0.131. The normalized spacial score (nSPS) is 18.4. The van der Waals surface area contributed by atoms with Gasteiger partial charge in [0.05, 0.1) is 18.2 Å². The predicted octanol–water partition coefficient (Wildman–Crippen LogP) is 3.35. The largest absolute Gasteiger partial charge is 0.335 e. The van der Waals surface area contributed by atoms with Crippen molar-refractivity contribution < 1.29 is 4.79 Å². The molecular formula is C15H18ClN3OS. The number of likely N-dealkylation sites (tertiary alicyclic amines) is 1. The summed E-state index contributed by atoms with van der Waals surface area (Å²) in [6.45, 7) is 2.76. The third-order valence-corrected chi connectivity index (χ3v) is 5.33. The van der Waals surface area contributed by atoms with E-state index in [1.807, 2.05) is 36.4 Å². The van der Waals surface area contributed by atoms with E-state index in [0.29, 0.717) is 11.6 Å². The van der Waals surface area contributed by atoms with Crippen LogP contribution < -0.4 is 0 Å². The van der Waals surface area contributed by atoms with Crippen LogP contribution in [-0.2, 0) is 18.3 Å². The Hall–Kier alpha value is -1.33. The van der Waals surface area contributed by atoms with E-state index in [1.54, 1.807) is 16.0 Å². The van der Waals surface area contributed by atoms with E-state index >= 15 is 0 Å². The zero-order chi connectivity index (χ0) is 15.0. The number of amides is 1. The summed E-state index contributed by atoms with van der Waals surface area (Å²) in [5, 5.41) is 7.03. The van der Waals surface area contributed by atoms with Gasteiger partial charge in [0.25, 0.3) is 0 Å². The number of hydrogen-bond acceptors (Lipinski definition) is 3. The third kappa shape index (κ3) is 2.72. The number of rotatable bonds is 3. The van der Waals surface area contributed by atoms with Crippen LogP contribution in [0.25, 0.3) is 0 Å². The number of halogens is 1. The van der Waals surface area contributed by atoms with E-state index < -0.39 is 0 Å². The van der Waals surface area contributed by atoms with Crippen LogP contribution in [-0.4, -0.2) is 27.1 Å². The standard InChI is InChI=1S/C15H18ClN3OS/c1-10-14(15(16)18(2)17-10)12-6-3-7-19(12)13(20)9-11-5-4-8-21-11/h4-5,8,12H,3,6-7,9H2,1-2H3/t12-/m0/s1. The zero-order valence-electron chi connectivity index (χ0n) is 12.2. The minimum absolute atomic E-state index is 0.0682. The number of aryl methyl sites for hydroxylation is 2. The fraction of sp³-hybridized carbons (Fsp3) is 0.467. The first kappa shape index (κ1) is 14.6. The number of hydrogen-bond donors (Lipinski definition) is 0. The highest BCUT2D eigenvalue weighted by Crippen LogP contribution is 2.37. The van der Waals surface area contributed by atoms with Gasteiger partial charge < -0.3 is 4.90 Å². The van der Waals surface area contributed by atoms with Crippen molar-refractivity contribution in [1.82, 2.24) is 14.7 Å². The van der Waals surface area contributed by atoms with E-state index in [1.165, 1.54) is 0 Å². The average molecular weight is 324 g/mol. The first-order chi connectivity index (χ1) is 10.1. The van der Waals surface area contributed by atoms with Gasteiger partial charge in [-0.05, 0) is 31.2 Å². The van der Waals surface area contributed by atoms with Crippen molar-refractivity contribution in [2.45, 2.75) is 32.2 Å². The summed E-state index contributed by atoms with van der Waals surface area (Å²) in [5.41, 5.74) is 1.93. The van der Waals surface area contributed by atoms with Crippen molar-refractivity contribution in [3.05, 3.63) is 38.8 Å². The summed E-state index contributed by atoms with van der Waals surface area (Å²) in [5.74, 6) is 0.180. The van der Waals surface area contributed by atoms with Crippen LogP contribution >= 0.6 is 22.9 Å². The van der Waals surface area contributed by atoms with Crippen molar-refractivity contribution >= 4 is 28.8 Å². The van der Waals surface area contributed by atoms with Gasteiger partial charge in [0.1, 0.15) is 5.15 Å². The maximum Gasteiger partial charge on any atom is 0.228 e. The topological polar surface area (TPSA) is 38.1 Å². The summed E-state index contributed by atoms with van der Waals surface area (Å²) in [4.78, 5) is 15.7. The second kappa shape index (κ2) is 5.81. The Labute approximate surface area is 133 Å². The Kier molecular flexibility index (Phi) is 4.04. The van der Waals surface area contributed by atoms with Gasteiger partial charge in [0.15, 0.2) is 0 Å². The highest BCUT2D eigenvalue weighted by atomic mass is 35.5. The number of carbonyl (C=O) groups excluding carboxylic acids is 1. The summed E-state index contributed by atoms with van der Waals surface area (Å²) in [6, 6.07) is 4.06. The van der Waals surface area contributed by atoms with Crippen LogP contribution in [0.5, 0.6) is 0 Å². The van der Waals surface area contributed by atoms with Crippen molar-refractivity contribution in [1.29, 1.82) is 0 Å². The van der Waals surface area contributed by atoms with Crippen molar-refractivity contribution in [2.24, 2.45) is 7.05 Å². The molecule has 1 atom stereocenters. The first-order valence-corrected chi connectivity index (χ1v) is 8.34. The lowest BCUT2D eigenvalue weighted by Crippen LogP contribution is -2.32. The van der Waals surface area contributed by atoms with Gasteiger partial charge in [-0.3, -0.25) is 9.48 Å². The summed E-state index contributed by atoms with van der Waals surface area (Å²) < 4.78 is 1.69. The van der Waals surface area contributed by atoms with Crippen LogP contribution in [0.2, 0.25) is 5.15 Å². The SMILES string of the molecule is Cc1nn(C)c(Cl)c1[C@@H]1CCCN1C(=O)Cc1cccs1. The molecule has 0 bridgehead atoms. The van der Waals surface area contributed by atoms with Crippen LogP contribution in [0.3, 0.4) is 0 Å². The van der Waals surface area contributed by atoms with E-state index in [0.717, 1.165) is 35.5 Å². The monoisotopic (exact) mass is 323 g/mol. The molecule has 112 valence electrons. The number of carbonyl (C=O) groups is 1. The molecule has 6 heteroatoms. The molecule has 2 aromatic rings. The van der Waals surface area contributed by atoms with Crippen LogP contribution in [0, 0.1) is 6.92 Å². The lowest BCUT2D eigenvalue weighted by atomic mass is 10.1. The molecule has 0 radical (unpaired) electrons. The molecule has 0 spiro atoms. The number of nitrogens with zero attached hydrogens (tertiary/aromatic N) is 3. The Morgan fingerprint density at radius 2 is 2.38 bits per heavy atom. The molecule has 21 heavy (non-hydrogen) atoms. The van der Waals surface area contributed by atoms with Gasteiger partial charge >= 0.3 is 0 Å². The fourth-order valence-corrected chi connectivity index (χ4v) is 4.05. The molecule has 1 amide bonds. The highest BCUT2D eigenvalue weighted by molar-refractivity contribution is 7.10. The highest BCUT2D eigenvalue weighted by Gasteiger charge is 2.33. The van der Waals surface area contributed by atoms with Gasteiger partial charge in [-0.2, -0.15) is 5.10 Å². The second-order valence-electron chi connectivity index (χ2n) is 5.41. The Morgan fingerprint density at radius 3 is 3.00 bits per heavy atom. The summed E-state index contributed by atoms with van der Waals surface area (Å²) >= 11 is 8.00. The van der Waals surface area contributed by atoms with E-state index in [9.17, 15) is 4.79 Å². The molecule has 4 nitrogen and oxygen atoms in total. The van der Waals surface area contributed by atoms with E-state index in [4.69, 9.17) is 11.6 Å². The second-order valence-corrected chi connectivity index (χ2v) is 6.81. The maximum atomic E-state index is 12.6. The minimum Gasteiger partial charge on any atom is -0.335 e. The Morgan fingerprint density at radius 1 is 1.57 bits per heavy atom. The van der Waals surface area contributed by atoms with Gasteiger partial charge in [0.2, 0.25) is 5.91 Å². The molecule has 1 fully saturated rings. The van der Waals surface area contributed by atoms with E-state index in [2.05, 4.69) is 5.10 Å². The number of aromatic nitrogens is 2. The molecular weight excluding hydrogens is 306 g/mol. The van der Waals surface area contributed by atoms with Crippen LogP contribution in [0.15, 0.2) is 17.5 Å². The fourth-order valence-electron chi connectivity index (χ4n) is 3.05. The van der Waals surface area contributed by atoms with E-state index in [-0.39, 0.29) is 11.9 Å². The predicted molar refractivity (Wildman–Crippen MR) is 84.7 cm³/mol. The molecule has 0 aliphatic carbocycles. The van der Waals surface area contributed by atoms with Crippen LogP contribution in [0.1, 0.15) is 35.0 Å². The molecule has 0 aromatic carbocycles. The molecule has 0 N–H and O–H groups in total. The molecule has 0 unspecified atom stereocenters. The quantitative estimate of drug-likeness (QED) is 0.868. The molecule has 1 aliphatic rings. The molecule has 1 aliphatic heterocycles. The smallest absolute Gasteiger partial charge is 0.228 e. The average Bonchev–Trinajstić information content (AvgIpc) is 3.13. The van der Waals surface area contributed by atoms with Crippen molar-refractivity contribution in [3.63, 3.8) is 0 Å². The Bertz CT molecular complexity index is 650. The van der Waals surface area contributed by atoms with Gasteiger partial charge in [0, 0.05) is 24.0 Å². The third-order valence-electron chi connectivity index (χ3n) is 4.01. The van der Waals surface area contributed by atoms with Crippen molar-refractivity contribution in [3.8, 4) is 0 Å². The Balaban J connectivity index is 1.83. The number of thiophene rings is 1. The first-order valence-electron chi connectivity index (χ1n) is 7.08. The van der Waals surface area contributed by atoms with Crippen LogP contribution in [0.4, 0.5) is 0 Å². The maximum absolute atomic E-state index is 12.6. The molecule has 2 aromatic heterocycles. The molecule has 3 rings (SSSR count). The van der Waals surface area contributed by atoms with Gasteiger partial charge in [-0.15, -0.1) is 11.3 Å². The summed E-state index contributed by atoms with van der Waals surface area (Å²) in [7, 11) is 1.84. The molecule has 1 saturated heterocycles. The molecule has 3 heterocycles. The zero-order valence-corrected chi connectivity index (χ0v) is 13.7. The van der Waals surface area contributed by atoms with Gasteiger partial charge in [-0.1, -0.05) is 17.7 Å². The van der Waals surface area contributed by atoms with Gasteiger partial charge in [-0.25, -0.2) is 0 Å². The lowest BCUT2D eigenvalue weighted by Gasteiger charge is -2.25. The minimum atomic E-state index is 0.0682. The van der Waals surface area contributed by atoms with Crippen molar-refractivity contribution in [2.75, 3.05) is 6.54 Å². The molecule has 0 saturated carbocycles. The summed E-state index contributed by atoms with van der Waals surface area (Å²) in [6.07, 6.45) is 2.46.